The Kier molecular flexibility index (Phi) is 5.00. The van der Waals surface area contributed by atoms with E-state index < -0.39 is 0 Å². The van der Waals surface area contributed by atoms with E-state index in [4.69, 9.17) is 10.00 Å². The zero-order valence-corrected chi connectivity index (χ0v) is 10.7. The average Bonchev–Trinajstić information content (AvgIpc) is 2.36. The fraction of sp³-hybridized carbons (Fsp3) is 0.385. The van der Waals surface area contributed by atoms with Gasteiger partial charge in [-0.15, -0.1) is 0 Å². The topological polar surface area (TPSA) is 71.3 Å². The van der Waals surface area contributed by atoms with Gasteiger partial charge in [0.15, 0.2) is 0 Å². The Labute approximate surface area is 106 Å². The summed E-state index contributed by atoms with van der Waals surface area (Å²) in [5.41, 5.74) is 1.10. The predicted molar refractivity (Wildman–Crippen MR) is 67.4 cm³/mol. The van der Waals surface area contributed by atoms with Gasteiger partial charge in [0.1, 0.15) is 12.3 Å². The lowest BCUT2D eigenvalue weighted by atomic mass is 10.2. The maximum Gasteiger partial charge on any atom is 0.325 e. The number of carbonyl (C=O) groups is 1. The molecule has 18 heavy (non-hydrogen) atoms. The molecule has 0 heterocycles. The first-order valence-electron chi connectivity index (χ1n) is 5.58. The van der Waals surface area contributed by atoms with Crippen LogP contribution in [0.1, 0.15) is 19.4 Å². The van der Waals surface area contributed by atoms with E-state index >= 15 is 0 Å². The fourth-order valence-electron chi connectivity index (χ4n) is 1.33. The van der Waals surface area contributed by atoms with Crippen LogP contribution < -0.4 is 10.1 Å². The molecule has 0 atom stereocenters. The van der Waals surface area contributed by atoms with Crippen molar-refractivity contribution < 1.29 is 14.3 Å². The molecule has 0 radical (unpaired) electrons. The van der Waals surface area contributed by atoms with Crippen molar-refractivity contribution in [2.24, 2.45) is 0 Å². The van der Waals surface area contributed by atoms with Crippen LogP contribution in [-0.2, 0) is 9.53 Å². The molecule has 1 aromatic rings. The zero-order valence-electron chi connectivity index (χ0n) is 10.7. The van der Waals surface area contributed by atoms with Crippen molar-refractivity contribution in [3.05, 3.63) is 23.8 Å². The molecule has 0 spiro atoms. The van der Waals surface area contributed by atoms with Crippen LogP contribution in [0.2, 0.25) is 0 Å². The molecule has 0 aliphatic heterocycles. The molecular formula is C13H16N2O3. The van der Waals surface area contributed by atoms with Crippen LogP contribution in [0.3, 0.4) is 0 Å². The van der Waals surface area contributed by atoms with Gasteiger partial charge in [0.2, 0.25) is 0 Å². The lowest BCUT2D eigenvalue weighted by Crippen LogP contribution is -2.16. The minimum atomic E-state index is -0.382. The summed E-state index contributed by atoms with van der Waals surface area (Å²) in [5.74, 6) is 0.223. The standard InChI is InChI=1S/C13H16N2O3/c1-9(2)18-12-5-4-10(7-14)6-11(12)15-8-13(16)17-3/h4-6,9,15H,8H2,1-3H3. The second-order valence-electron chi connectivity index (χ2n) is 3.92. The number of nitrogens with zero attached hydrogens (tertiary/aromatic N) is 1. The van der Waals surface area contributed by atoms with Gasteiger partial charge in [0.05, 0.1) is 30.5 Å². The van der Waals surface area contributed by atoms with Gasteiger partial charge in [0, 0.05) is 0 Å². The van der Waals surface area contributed by atoms with Gasteiger partial charge in [-0.25, -0.2) is 0 Å². The number of esters is 1. The van der Waals surface area contributed by atoms with E-state index in [1.165, 1.54) is 7.11 Å². The minimum absolute atomic E-state index is 0.0108. The highest BCUT2D eigenvalue weighted by Gasteiger charge is 2.08. The number of hydrogen-bond donors (Lipinski definition) is 1. The van der Waals surface area contributed by atoms with Crippen LogP contribution in [0.15, 0.2) is 18.2 Å². The van der Waals surface area contributed by atoms with E-state index in [0.29, 0.717) is 17.0 Å². The lowest BCUT2D eigenvalue weighted by Gasteiger charge is -2.15. The summed E-state index contributed by atoms with van der Waals surface area (Å²) >= 11 is 0. The molecule has 0 bridgehead atoms. The Morgan fingerprint density at radius 3 is 2.78 bits per heavy atom. The minimum Gasteiger partial charge on any atom is -0.489 e. The quantitative estimate of drug-likeness (QED) is 0.806. The van der Waals surface area contributed by atoms with Crippen molar-refractivity contribution in [3.8, 4) is 11.8 Å². The van der Waals surface area contributed by atoms with Crippen LogP contribution in [0.25, 0.3) is 0 Å². The number of nitrogens with one attached hydrogen (secondary N) is 1. The fourth-order valence-corrected chi connectivity index (χ4v) is 1.33. The number of benzene rings is 1. The second kappa shape index (κ2) is 6.50. The van der Waals surface area contributed by atoms with Crippen LogP contribution >= 0.6 is 0 Å². The number of nitriles is 1. The summed E-state index contributed by atoms with van der Waals surface area (Å²) in [7, 11) is 1.32. The predicted octanol–water partition coefficient (Wildman–Crippen LogP) is 1.93. The van der Waals surface area contributed by atoms with Crippen molar-refractivity contribution in [1.82, 2.24) is 0 Å². The number of methoxy groups -OCH3 is 1. The van der Waals surface area contributed by atoms with Crippen LogP contribution in [0, 0.1) is 11.3 Å². The van der Waals surface area contributed by atoms with Crippen LogP contribution in [0.5, 0.6) is 5.75 Å². The molecule has 1 rings (SSSR count). The lowest BCUT2D eigenvalue weighted by molar-refractivity contribution is -0.138. The summed E-state index contributed by atoms with van der Waals surface area (Å²) in [6.45, 7) is 3.84. The summed E-state index contributed by atoms with van der Waals surface area (Å²) in [5, 5.41) is 11.7. The second-order valence-corrected chi connectivity index (χ2v) is 3.92. The molecule has 0 saturated carbocycles. The van der Waals surface area contributed by atoms with Gasteiger partial charge in [-0.3, -0.25) is 4.79 Å². The maximum absolute atomic E-state index is 11.1. The Morgan fingerprint density at radius 2 is 2.22 bits per heavy atom. The molecule has 0 aliphatic rings. The number of carbonyl (C=O) groups excluding carboxylic acids is 1. The molecule has 0 unspecified atom stereocenters. The molecule has 1 aromatic carbocycles. The largest absolute Gasteiger partial charge is 0.489 e. The van der Waals surface area contributed by atoms with Gasteiger partial charge < -0.3 is 14.8 Å². The Morgan fingerprint density at radius 1 is 1.50 bits per heavy atom. The number of ether oxygens (including phenoxy) is 2. The molecule has 0 aliphatic carbocycles. The highest BCUT2D eigenvalue weighted by atomic mass is 16.5. The molecular weight excluding hydrogens is 232 g/mol. The van der Waals surface area contributed by atoms with Gasteiger partial charge in [-0.2, -0.15) is 5.26 Å². The third-order valence-corrected chi connectivity index (χ3v) is 2.12. The molecule has 96 valence electrons. The van der Waals surface area contributed by atoms with E-state index in [2.05, 4.69) is 10.1 Å². The number of rotatable bonds is 5. The van der Waals surface area contributed by atoms with Gasteiger partial charge >= 0.3 is 5.97 Å². The molecule has 0 saturated heterocycles. The summed E-state index contributed by atoms with van der Waals surface area (Å²) in [6, 6.07) is 7.05. The summed E-state index contributed by atoms with van der Waals surface area (Å²) in [6.07, 6.45) is 0.0108. The first-order chi connectivity index (χ1) is 8.56. The molecule has 5 nitrogen and oxygen atoms in total. The highest BCUT2D eigenvalue weighted by Crippen LogP contribution is 2.26. The van der Waals surface area contributed by atoms with E-state index in [9.17, 15) is 4.79 Å². The van der Waals surface area contributed by atoms with Gasteiger partial charge in [0.25, 0.3) is 0 Å². The van der Waals surface area contributed by atoms with Crippen LogP contribution in [0.4, 0.5) is 5.69 Å². The summed E-state index contributed by atoms with van der Waals surface area (Å²) < 4.78 is 10.1. The van der Waals surface area contributed by atoms with Crippen molar-refractivity contribution in [2.75, 3.05) is 19.0 Å². The average molecular weight is 248 g/mol. The first-order valence-corrected chi connectivity index (χ1v) is 5.58. The smallest absolute Gasteiger partial charge is 0.325 e. The molecule has 5 heteroatoms. The van der Waals surface area contributed by atoms with Gasteiger partial charge in [-0.1, -0.05) is 0 Å². The first kappa shape index (κ1) is 13.8. The maximum atomic E-state index is 11.1. The molecule has 1 N–H and O–H groups in total. The number of hydrogen-bond acceptors (Lipinski definition) is 5. The normalized spacial score (nSPS) is 9.72. The summed E-state index contributed by atoms with van der Waals surface area (Å²) in [4.78, 5) is 11.1. The highest BCUT2D eigenvalue weighted by molar-refractivity contribution is 5.76. The molecule has 0 aromatic heterocycles. The van der Waals surface area contributed by atoms with Crippen molar-refractivity contribution >= 4 is 11.7 Å². The Balaban J connectivity index is 2.90. The van der Waals surface area contributed by atoms with Crippen LogP contribution in [-0.4, -0.2) is 25.7 Å². The SMILES string of the molecule is COC(=O)CNc1cc(C#N)ccc1OC(C)C. The molecule has 0 fully saturated rings. The van der Waals surface area contributed by atoms with E-state index in [1.807, 2.05) is 19.9 Å². The Bertz CT molecular complexity index is 464. The third kappa shape index (κ3) is 3.98. The van der Waals surface area contributed by atoms with Crippen molar-refractivity contribution in [2.45, 2.75) is 20.0 Å². The van der Waals surface area contributed by atoms with E-state index in [0.717, 1.165) is 0 Å². The number of anilines is 1. The van der Waals surface area contributed by atoms with E-state index in [-0.39, 0.29) is 18.6 Å². The van der Waals surface area contributed by atoms with Crippen molar-refractivity contribution in [1.29, 1.82) is 5.26 Å². The van der Waals surface area contributed by atoms with Gasteiger partial charge in [-0.05, 0) is 32.0 Å². The van der Waals surface area contributed by atoms with Crippen molar-refractivity contribution in [3.63, 3.8) is 0 Å². The Hall–Kier alpha value is -2.22. The zero-order chi connectivity index (χ0) is 13.5. The molecule has 0 amide bonds. The monoisotopic (exact) mass is 248 g/mol. The third-order valence-electron chi connectivity index (χ3n) is 2.12. The van der Waals surface area contributed by atoms with E-state index in [1.54, 1.807) is 18.2 Å².